The molecule has 1 amide bonds. The van der Waals surface area contributed by atoms with Gasteiger partial charge in [0.25, 0.3) is 0 Å². The Morgan fingerprint density at radius 2 is 1.56 bits per heavy atom. The number of hydrogen-bond acceptors (Lipinski definition) is 8. The van der Waals surface area contributed by atoms with E-state index in [0.717, 1.165) is 5.56 Å². The van der Waals surface area contributed by atoms with E-state index >= 15 is 0 Å². The fourth-order valence-electron chi connectivity index (χ4n) is 2.85. The number of benzene rings is 1. The summed E-state index contributed by atoms with van der Waals surface area (Å²) in [5.74, 6) is -3.19. The van der Waals surface area contributed by atoms with E-state index in [9.17, 15) is 19.2 Å². The van der Waals surface area contributed by atoms with E-state index in [1.54, 1.807) is 38.1 Å². The van der Waals surface area contributed by atoms with Gasteiger partial charge in [-0.15, -0.1) is 12.4 Å². The highest BCUT2D eigenvalue weighted by Crippen LogP contribution is 2.33. The van der Waals surface area contributed by atoms with Crippen molar-refractivity contribution in [1.82, 2.24) is 5.32 Å². The van der Waals surface area contributed by atoms with Gasteiger partial charge in [0, 0.05) is 5.56 Å². The van der Waals surface area contributed by atoms with Gasteiger partial charge in [0.05, 0.1) is 26.7 Å². The second-order valence-electron chi connectivity index (χ2n) is 6.66. The van der Waals surface area contributed by atoms with E-state index in [-0.39, 0.29) is 44.3 Å². The molecule has 11 heteroatoms. The number of aryl methyl sites for hydroxylation is 1. The first-order valence-corrected chi connectivity index (χ1v) is 9.81. The highest BCUT2D eigenvalue weighted by atomic mass is 35.5. The summed E-state index contributed by atoms with van der Waals surface area (Å²) in [5.41, 5.74) is 4.87. The van der Waals surface area contributed by atoms with Crippen molar-refractivity contribution >= 4 is 42.1 Å². The molecule has 0 bridgehead atoms. The molecule has 0 saturated heterocycles. The third-order valence-electron chi connectivity index (χ3n) is 4.56. The number of ether oxygens (including phenoxy) is 3. The Morgan fingerprint density at radius 1 is 1.03 bits per heavy atom. The summed E-state index contributed by atoms with van der Waals surface area (Å²) in [6.07, 6.45) is -0.358. The molecule has 4 N–H and O–H groups in total. The Hall–Kier alpha value is -3.14. The number of amides is 1. The van der Waals surface area contributed by atoms with Crippen molar-refractivity contribution in [3.05, 3.63) is 35.4 Å². The monoisotopic (exact) mass is 471 g/mol. The van der Waals surface area contributed by atoms with E-state index in [1.807, 2.05) is 0 Å². The average Bonchev–Trinajstić information content (AvgIpc) is 2.75. The molecule has 1 aromatic rings. The quantitative estimate of drug-likeness (QED) is 0.134. The van der Waals surface area contributed by atoms with Crippen LogP contribution in [-0.2, 0) is 39.8 Å². The molecule has 0 aliphatic carbocycles. The summed E-state index contributed by atoms with van der Waals surface area (Å²) in [6.45, 7) is 2.80. The largest absolute Gasteiger partial charge is 0.468 e. The fourth-order valence-corrected chi connectivity index (χ4v) is 2.85. The van der Waals surface area contributed by atoms with Crippen LogP contribution in [-0.4, -0.2) is 56.5 Å². The van der Waals surface area contributed by atoms with Crippen LogP contribution in [0.5, 0.6) is 0 Å². The van der Waals surface area contributed by atoms with Gasteiger partial charge in [-0.3, -0.25) is 24.6 Å². The molecule has 0 radical (unpaired) electrons. The van der Waals surface area contributed by atoms with Gasteiger partial charge in [-0.1, -0.05) is 24.3 Å². The third-order valence-corrected chi connectivity index (χ3v) is 4.56. The van der Waals surface area contributed by atoms with Crippen molar-refractivity contribution in [2.75, 3.05) is 26.9 Å². The van der Waals surface area contributed by atoms with Crippen LogP contribution in [0, 0.1) is 10.8 Å². The van der Waals surface area contributed by atoms with Crippen LogP contribution in [0.25, 0.3) is 0 Å². The molecule has 0 aliphatic rings. The minimum atomic E-state index is -1.88. The summed E-state index contributed by atoms with van der Waals surface area (Å²) in [5, 5.41) is 9.78. The molecule has 0 fully saturated rings. The standard InChI is InChI=1S/C21H29N3O7.ClH/c1-4-30-19(27)21(20(28)31-5-2,12-16(25)24-13-17(26)29-3)11-10-14-6-8-15(9-7-14)18(22)23;/h6-9H,4-5,10-13H2,1-3H3,(H3,22,23)(H,24,25);1H. The van der Waals surface area contributed by atoms with Crippen LogP contribution in [0.2, 0.25) is 0 Å². The molecule has 1 aromatic carbocycles. The number of esters is 3. The molecular weight excluding hydrogens is 442 g/mol. The van der Waals surface area contributed by atoms with Gasteiger partial charge in [-0.25, -0.2) is 0 Å². The van der Waals surface area contributed by atoms with Crippen molar-refractivity contribution in [3.8, 4) is 0 Å². The number of methoxy groups -OCH3 is 1. The van der Waals surface area contributed by atoms with Crippen LogP contribution >= 0.6 is 12.4 Å². The maximum Gasteiger partial charge on any atom is 0.325 e. The fraction of sp³-hybridized carbons (Fsp3) is 0.476. The molecule has 0 unspecified atom stereocenters. The van der Waals surface area contributed by atoms with Crippen LogP contribution in [0.1, 0.15) is 37.8 Å². The number of halogens is 1. The molecule has 32 heavy (non-hydrogen) atoms. The number of carbonyl (C=O) groups excluding carboxylic acids is 4. The smallest absolute Gasteiger partial charge is 0.325 e. The Balaban J connectivity index is 0.00000961. The Morgan fingerprint density at radius 3 is 2.00 bits per heavy atom. The van der Waals surface area contributed by atoms with Crippen LogP contribution in [0.3, 0.4) is 0 Å². The van der Waals surface area contributed by atoms with E-state index < -0.39 is 42.2 Å². The minimum Gasteiger partial charge on any atom is -0.468 e. The molecule has 0 aromatic heterocycles. The van der Waals surface area contributed by atoms with Crippen molar-refractivity contribution in [3.63, 3.8) is 0 Å². The summed E-state index contributed by atoms with van der Waals surface area (Å²) < 4.78 is 14.7. The number of hydrogen-bond donors (Lipinski definition) is 3. The van der Waals surface area contributed by atoms with E-state index in [4.69, 9.17) is 20.6 Å². The number of carbonyl (C=O) groups is 4. The molecule has 1 rings (SSSR count). The van der Waals surface area contributed by atoms with Crippen LogP contribution in [0.15, 0.2) is 24.3 Å². The number of amidine groups is 1. The van der Waals surface area contributed by atoms with Gasteiger partial charge in [-0.2, -0.15) is 0 Å². The van der Waals surface area contributed by atoms with Gasteiger partial charge in [0.1, 0.15) is 12.4 Å². The highest BCUT2D eigenvalue weighted by Gasteiger charge is 2.50. The first-order valence-electron chi connectivity index (χ1n) is 9.81. The van der Waals surface area contributed by atoms with Gasteiger partial charge < -0.3 is 25.3 Å². The molecule has 0 aliphatic heterocycles. The highest BCUT2D eigenvalue weighted by molar-refractivity contribution is 6.04. The van der Waals surface area contributed by atoms with Gasteiger partial charge in [0.2, 0.25) is 5.91 Å². The predicted octanol–water partition coefficient (Wildman–Crippen LogP) is 1.12. The lowest BCUT2D eigenvalue weighted by Gasteiger charge is -2.28. The molecule has 0 atom stereocenters. The lowest BCUT2D eigenvalue weighted by molar-refractivity contribution is -0.174. The Kier molecular flexibility index (Phi) is 12.6. The summed E-state index contributed by atoms with van der Waals surface area (Å²) in [7, 11) is 1.17. The first-order chi connectivity index (χ1) is 14.7. The topological polar surface area (TPSA) is 158 Å². The molecular formula is C21H30ClN3O7. The van der Waals surface area contributed by atoms with Crippen molar-refractivity contribution < 1.29 is 33.4 Å². The number of rotatable bonds is 12. The van der Waals surface area contributed by atoms with Gasteiger partial charge in [0.15, 0.2) is 5.41 Å². The second-order valence-corrected chi connectivity index (χ2v) is 6.66. The van der Waals surface area contributed by atoms with E-state index in [2.05, 4.69) is 10.1 Å². The number of nitrogens with one attached hydrogen (secondary N) is 2. The molecule has 10 nitrogen and oxygen atoms in total. The number of nitrogen functional groups attached to an aromatic ring is 1. The molecule has 0 heterocycles. The lowest BCUT2D eigenvalue weighted by Crippen LogP contribution is -2.46. The zero-order valence-electron chi connectivity index (χ0n) is 18.4. The first kappa shape index (κ1) is 28.9. The zero-order valence-corrected chi connectivity index (χ0v) is 19.2. The van der Waals surface area contributed by atoms with Gasteiger partial charge >= 0.3 is 17.9 Å². The maximum absolute atomic E-state index is 12.8. The molecule has 0 saturated carbocycles. The van der Waals surface area contributed by atoms with Crippen molar-refractivity contribution in [2.24, 2.45) is 11.1 Å². The molecule has 178 valence electrons. The third kappa shape index (κ3) is 8.18. The van der Waals surface area contributed by atoms with Crippen LogP contribution in [0.4, 0.5) is 0 Å². The second kappa shape index (κ2) is 14.0. The van der Waals surface area contributed by atoms with E-state index in [1.165, 1.54) is 7.11 Å². The Bertz CT molecular complexity index is 794. The predicted molar refractivity (Wildman–Crippen MR) is 118 cm³/mol. The minimum absolute atomic E-state index is 0. The summed E-state index contributed by atoms with van der Waals surface area (Å²) >= 11 is 0. The summed E-state index contributed by atoms with van der Waals surface area (Å²) in [6, 6.07) is 6.73. The normalized spacial score (nSPS) is 10.3. The van der Waals surface area contributed by atoms with Crippen LogP contribution < -0.4 is 11.1 Å². The van der Waals surface area contributed by atoms with E-state index in [0.29, 0.717) is 5.56 Å². The summed E-state index contributed by atoms with van der Waals surface area (Å²) in [4.78, 5) is 49.4. The Labute approximate surface area is 193 Å². The van der Waals surface area contributed by atoms with Gasteiger partial charge in [-0.05, 0) is 32.3 Å². The SMILES string of the molecule is CCOC(=O)C(CCc1ccc(C(=N)N)cc1)(CC(=O)NCC(=O)OC)C(=O)OCC.Cl. The lowest BCUT2D eigenvalue weighted by atomic mass is 9.78. The zero-order chi connectivity index (χ0) is 23.4. The molecule has 0 spiro atoms. The maximum atomic E-state index is 12.8. The average molecular weight is 472 g/mol. The number of nitrogens with two attached hydrogens (primary N) is 1. The van der Waals surface area contributed by atoms with Crippen molar-refractivity contribution in [1.29, 1.82) is 5.41 Å². The van der Waals surface area contributed by atoms with Crippen molar-refractivity contribution in [2.45, 2.75) is 33.1 Å².